The van der Waals surface area contributed by atoms with E-state index in [0.717, 1.165) is 18.5 Å². The molecular weight excluding hydrogens is 332 g/mol. The average Bonchev–Trinajstić information content (AvgIpc) is 3.32. The number of carbonyl (C=O) groups is 1. The first-order chi connectivity index (χ1) is 12.7. The van der Waals surface area contributed by atoms with Gasteiger partial charge in [-0.05, 0) is 18.4 Å². The van der Waals surface area contributed by atoms with E-state index in [4.69, 9.17) is 0 Å². The third kappa shape index (κ3) is 4.88. The minimum absolute atomic E-state index is 0.161. The lowest BCUT2D eigenvalue weighted by atomic mass is 10.0. The van der Waals surface area contributed by atoms with Gasteiger partial charge in [-0.15, -0.1) is 5.10 Å². The molecule has 2 aromatic heterocycles. The van der Waals surface area contributed by atoms with Crippen molar-refractivity contribution in [3.63, 3.8) is 0 Å². The monoisotopic (exact) mass is 354 g/mol. The Labute approximate surface area is 151 Å². The lowest BCUT2D eigenvalue weighted by Crippen LogP contribution is -2.33. The van der Waals surface area contributed by atoms with Crippen molar-refractivity contribution in [1.29, 1.82) is 0 Å². The lowest BCUT2D eigenvalue weighted by Gasteiger charge is -2.19. The molecule has 9 nitrogen and oxygen atoms in total. The number of anilines is 1. The molecule has 3 rings (SSSR count). The van der Waals surface area contributed by atoms with Crippen molar-refractivity contribution in [3.05, 3.63) is 54.7 Å². The van der Waals surface area contributed by atoms with Gasteiger partial charge < -0.3 is 5.32 Å². The third-order valence-electron chi connectivity index (χ3n) is 3.85. The summed E-state index contributed by atoms with van der Waals surface area (Å²) < 4.78 is 3.45. The highest BCUT2D eigenvalue weighted by Gasteiger charge is 2.15. The maximum Gasteiger partial charge on any atom is 0.320 e. The van der Waals surface area contributed by atoms with Crippen molar-refractivity contribution in [2.24, 2.45) is 0 Å². The summed E-state index contributed by atoms with van der Waals surface area (Å²) in [6, 6.07) is 9.35. The number of benzene rings is 1. The molecule has 0 fully saturated rings. The van der Waals surface area contributed by atoms with Crippen molar-refractivity contribution in [1.82, 2.24) is 35.1 Å². The molecule has 0 radical (unpaired) electrons. The molecular formula is C17H22N8O. The topological polar surface area (TPSA) is 103 Å². The maximum atomic E-state index is 12.4. The summed E-state index contributed by atoms with van der Waals surface area (Å²) >= 11 is 0. The number of rotatable bonds is 8. The number of nitrogens with zero attached hydrogens (tertiary/aromatic N) is 6. The van der Waals surface area contributed by atoms with Crippen LogP contribution in [-0.2, 0) is 13.1 Å². The van der Waals surface area contributed by atoms with Crippen LogP contribution in [0.2, 0.25) is 0 Å². The van der Waals surface area contributed by atoms with E-state index in [0.29, 0.717) is 18.8 Å². The average molecular weight is 354 g/mol. The molecule has 2 amide bonds. The highest BCUT2D eigenvalue weighted by molar-refractivity contribution is 5.88. The van der Waals surface area contributed by atoms with E-state index in [9.17, 15) is 4.79 Å². The Hall–Kier alpha value is -3.23. The second kappa shape index (κ2) is 8.75. The Morgan fingerprint density at radius 1 is 1.19 bits per heavy atom. The van der Waals surface area contributed by atoms with Crippen LogP contribution in [0, 0.1) is 0 Å². The molecule has 136 valence electrons. The Kier molecular flexibility index (Phi) is 5.92. The summed E-state index contributed by atoms with van der Waals surface area (Å²) in [5, 5.41) is 17.8. The zero-order chi connectivity index (χ0) is 18.2. The molecule has 0 saturated carbocycles. The number of amides is 2. The van der Waals surface area contributed by atoms with Gasteiger partial charge in [0.05, 0.1) is 12.2 Å². The van der Waals surface area contributed by atoms with Crippen LogP contribution in [0.15, 0.2) is 49.2 Å². The fraction of sp³-hybridized carbons (Fsp3) is 0.353. The second-order valence-electron chi connectivity index (χ2n) is 5.88. The second-order valence-corrected chi connectivity index (χ2v) is 5.88. The van der Waals surface area contributed by atoms with Crippen molar-refractivity contribution in [2.45, 2.75) is 38.9 Å². The van der Waals surface area contributed by atoms with Crippen LogP contribution < -0.4 is 10.6 Å². The molecule has 0 aliphatic carbocycles. The Bertz CT molecular complexity index is 799. The van der Waals surface area contributed by atoms with Gasteiger partial charge in [-0.3, -0.25) is 14.7 Å². The summed E-state index contributed by atoms with van der Waals surface area (Å²) in [4.78, 5) is 16.3. The van der Waals surface area contributed by atoms with Gasteiger partial charge in [-0.1, -0.05) is 42.5 Å². The smallest absolute Gasteiger partial charge is 0.320 e. The van der Waals surface area contributed by atoms with Crippen molar-refractivity contribution >= 4 is 11.8 Å². The number of hydrogen-bond acceptors (Lipinski definition) is 5. The standard InChI is InChI=1S/C17H22N8O/c1-2-9-24-11-16(22-23-24)21-17(26)20-15(14-6-4-3-5-7-14)8-10-25-13-18-12-19-25/h3-7,11-13,15H,2,8-10H2,1H3,(H2,20,21,26)/t15-/m1/s1. The van der Waals surface area contributed by atoms with Crippen molar-refractivity contribution in [2.75, 3.05) is 5.32 Å². The van der Waals surface area contributed by atoms with E-state index < -0.39 is 0 Å². The van der Waals surface area contributed by atoms with E-state index >= 15 is 0 Å². The Balaban J connectivity index is 1.63. The van der Waals surface area contributed by atoms with Crippen LogP contribution in [0.5, 0.6) is 0 Å². The van der Waals surface area contributed by atoms with Gasteiger partial charge in [0.1, 0.15) is 12.7 Å². The summed E-state index contributed by atoms with van der Waals surface area (Å²) in [7, 11) is 0. The van der Waals surface area contributed by atoms with Gasteiger partial charge in [-0.2, -0.15) is 5.10 Å². The summed E-state index contributed by atoms with van der Waals surface area (Å²) in [5.41, 5.74) is 1.03. The Morgan fingerprint density at radius 2 is 2.04 bits per heavy atom. The quantitative estimate of drug-likeness (QED) is 0.646. The summed E-state index contributed by atoms with van der Waals surface area (Å²) in [5.74, 6) is 0.430. The molecule has 0 spiro atoms. The number of aryl methyl sites for hydroxylation is 2. The van der Waals surface area contributed by atoms with Gasteiger partial charge in [-0.25, -0.2) is 9.78 Å². The largest absolute Gasteiger partial charge is 0.331 e. The molecule has 0 bridgehead atoms. The first-order valence-electron chi connectivity index (χ1n) is 8.59. The number of hydrogen-bond donors (Lipinski definition) is 2. The minimum atomic E-state index is -0.319. The van der Waals surface area contributed by atoms with E-state index in [1.165, 1.54) is 6.33 Å². The fourth-order valence-electron chi connectivity index (χ4n) is 2.62. The van der Waals surface area contributed by atoms with Gasteiger partial charge in [0.25, 0.3) is 0 Å². The predicted molar refractivity (Wildman–Crippen MR) is 96.3 cm³/mol. The van der Waals surface area contributed by atoms with Crippen LogP contribution in [0.1, 0.15) is 31.4 Å². The van der Waals surface area contributed by atoms with Crippen molar-refractivity contribution < 1.29 is 4.79 Å². The van der Waals surface area contributed by atoms with Crippen LogP contribution in [-0.4, -0.2) is 35.8 Å². The SMILES string of the molecule is CCCn1cc(NC(=O)N[C@H](CCn2cncn2)c2ccccc2)nn1. The first kappa shape index (κ1) is 17.6. The highest BCUT2D eigenvalue weighted by atomic mass is 16.2. The molecule has 0 saturated heterocycles. The predicted octanol–water partition coefficient (Wildman–Crippen LogP) is 2.23. The van der Waals surface area contributed by atoms with Crippen molar-refractivity contribution in [3.8, 4) is 0 Å². The molecule has 3 aromatic rings. The zero-order valence-electron chi connectivity index (χ0n) is 14.6. The summed E-state index contributed by atoms with van der Waals surface area (Å²) in [6.07, 6.45) is 6.51. The fourth-order valence-corrected chi connectivity index (χ4v) is 2.62. The van der Waals surface area contributed by atoms with E-state index in [-0.39, 0.29) is 12.1 Å². The van der Waals surface area contributed by atoms with Crippen LogP contribution in [0.25, 0.3) is 0 Å². The number of urea groups is 1. The first-order valence-corrected chi connectivity index (χ1v) is 8.59. The molecule has 1 aromatic carbocycles. The lowest BCUT2D eigenvalue weighted by molar-refractivity contribution is 0.247. The molecule has 0 unspecified atom stereocenters. The van der Waals surface area contributed by atoms with Gasteiger partial charge >= 0.3 is 6.03 Å². The summed E-state index contributed by atoms with van der Waals surface area (Å²) in [6.45, 7) is 3.47. The van der Waals surface area contributed by atoms with Crippen LogP contribution >= 0.6 is 0 Å². The number of carbonyl (C=O) groups excluding carboxylic acids is 1. The van der Waals surface area contributed by atoms with Gasteiger partial charge in [0.2, 0.25) is 0 Å². The van der Waals surface area contributed by atoms with Gasteiger partial charge in [0.15, 0.2) is 5.82 Å². The van der Waals surface area contributed by atoms with Gasteiger partial charge in [0, 0.05) is 13.1 Å². The Morgan fingerprint density at radius 3 is 2.77 bits per heavy atom. The number of nitrogens with one attached hydrogen (secondary N) is 2. The molecule has 9 heteroatoms. The normalized spacial score (nSPS) is 11.9. The van der Waals surface area contributed by atoms with E-state index in [1.807, 2.05) is 30.3 Å². The number of aromatic nitrogens is 6. The van der Waals surface area contributed by atoms with Crippen LogP contribution in [0.4, 0.5) is 10.6 Å². The molecule has 1 atom stereocenters. The third-order valence-corrected chi connectivity index (χ3v) is 3.85. The minimum Gasteiger partial charge on any atom is -0.331 e. The van der Waals surface area contributed by atoms with Crippen LogP contribution in [0.3, 0.4) is 0 Å². The maximum absolute atomic E-state index is 12.4. The molecule has 0 aliphatic heterocycles. The highest BCUT2D eigenvalue weighted by Crippen LogP contribution is 2.17. The molecule has 2 N–H and O–H groups in total. The zero-order valence-corrected chi connectivity index (χ0v) is 14.6. The molecule has 2 heterocycles. The molecule has 0 aliphatic rings. The molecule has 26 heavy (non-hydrogen) atoms. The van der Waals surface area contributed by atoms with E-state index in [1.54, 1.807) is 21.9 Å². The van der Waals surface area contributed by atoms with E-state index in [2.05, 4.69) is 38.0 Å².